The van der Waals surface area contributed by atoms with Crippen LogP contribution in [0.1, 0.15) is 26.3 Å². The molecule has 0 radical (unpaired) electrons. The lowest BCUT2D eigenvalue weighted by molar-refractivity contribution is -0.118. The quantitative estimate of drug-likeness (QED) is 0.888. The Balaban J connectivity index is 2.04. The summed E-state index contributed by atoms with van der Waals surface area (Å²) < 4.78 is 6.69. The Morgan fingerprint density at radius 3 is 2.73 bits per heavy atom. The predicted molar refractivity (Wildman–Crippen MR) is 91.2 cm³/mol. The number of hydrogen-bond acceptors (Lipinski definition) is 3. The van der Waals surface area contributed by atoms with E-state index in [1.165, 1.54) is 0 Å². The Kier molecular flexibility index (Phi) is 5.19. The van der Waals surface area contributed by atoms with Gasteiger partial charge >= 0.3 is 0 Å². The number of ether oxygens (including phenoxy) is 1. The maximum Gasteiger partial charge on any atom is 0.262 e. The summed E-state index contributed by atoms with van der Waals surface area (Å²) in [5.41, 5.74) is 1.64. The Morgan fingerprint density at radius 2 is 2.09 bits per heavy atom. The molecule has 0 unspecified atom stereocenters. The first kappa shape index (κ1) is 16.5. The highest BCUT2D eigenvalue weighted by Crippen LogP contribution is 2.33. The summed E-state index contributed by atoms with van der Waals surface area (Å²) in [4.78, 5) is 15.9. The molecule has 0 atom stereocenters. The van der Waals surface area contributed by atoms with E-state index in [0.717, 1.165) is 15.8 Å². The molecular formula is C17H19BrN2O2. The van der Waals surface area contributed by atoms with Gasteiger partial charge in [-0.05, 0) is 35.7 Å². The normalized spacial score (nSPS) is 11.1. The lowest BCUT2D eigenvalue weighted by Crippen LogP contribution is -2.22. The van der Waals surface area contributed by atoms with Gasteiger partial charge < -0.3 is 10.1 Å². The molecule has 1 amide bonds. The van der Waals surface area contributed by atoms with Gasteiger partial charge in [0.1, 0.15) is 5.75 Å². The first-order chi connectivity index (χ1) is 10.4. The Labute approximate surface area is 139 Å². The Hall–Kier alpha value is -1.88. The molecule has 1 aromatic carbocycles. The van der Waals surface area contributed by atoms with Crippen LogP contribution < -0.4 is 10.1 Å². The molecule has 2 aromatic rings. The van der Waals surface area contributed by atoms with Crippen LogP contribution in [0.4, 0.5) is 5.69 Å². The van der Waals surface area contributed by atoms with Crippen LogP contribution in [0.5, 0.6) is 5.75 Å². The molecular weight excluding hydrogens is 344 g/mol. The van der Waals surface area contributed by atoms with E-state index in [9.17, 15) is 4.79 Å². The van der Waals surface area contributed by atoms with Crippen molar-refractivity contribution in [1.29, 1.82) is 0 Å². The van der Waals surface area contributed by atoms with Crippen LogP contribution in [-0.2, 0) is 10.2 Å². The number of aromatic nitrogens is 1. The number of benzene rings is 1. The number of halogens is 1. The average Bonchev–Trinajstić information content (AvgIpc) is 2.46. The van der Waals surface area contributed by atoms with Crippen molar-refractivity contribution in [2.75, 3.05) is 11.9 Å². The van der Waals surface area contributed by atoms with Crippen molar-refractivity contribution in [3.63, 3.8) is 0 Å². The third kappa shape index (κ3) is 4.56. The van der Waals surface area contributed by atoms with Gasteiger partial charge in [0.25, 0.3) is 5.91 Å². The molecule has 0 spiro atoms. The van der Waals surface area contributed by atoms with Crippen LogP contribution in [0, 0.1) is 0 Å². The molecule has 0 bridgehead atoms. The fraction of sp³-hybridized carbons (Fsp3) is 0.294. The van der Waals surface area contributed by atoms with Gasteiger partial charge in [-0.3, -0.25) is 9.78 Å². The van der Waals surface area contributed by atoms with Gasteiger partial charge in [0.2, 0.25) is 0 Å². The molecule has 2 rings (SSSR count). The second-order valence-corrected chi connectivity index (χ2v) is 6.88. The van der Waals surface area contributed by atoms with Crippen molar-refractivity contribution in [1.82, 2.24) is 4.98 Å². The highest BCUT2D eigenvalue weighted by atomic mass is 79.9. The second kappa shape index (κ2) is 6.92. The lowest BCUT2D eigenvalue weighted by Gasteiger charge is -2.23. The first-order valence-corrected chi connectivity index (χ1v) is 7.78. The number of hydrogen-bond donors (Lipinski definition) is 1. The molecule has 0 saturated carbocycles. The van der Waals surface area contributed by atoms with E-state index in [0.29, 0.717) is 5.69 Å². The van der Waals surface area contributed by atoms with Gasteiger partial charge in [-0.1, -0.05) is 36.7 Å². The summed E-state index contributed by atoms with van der Waals surface area (Å²) in [6.45, 7) is 6.28. The monoisotopic (exact) mass is 362 g/mol. The number of amides is 1. The number of carbonyl (C=O) groups excluding carboxylic acids is 1. The highest BCUT2D eigenvalue weighted by molar-refractivity contribution is 9.10. The minimum atomic E-state index is -0.212. The van der Waals surface area contributed by atoms with Gasteiger partial charge in [0, 0.05) is 16.2 Å². The number of anilines is 1. The fourth-order valence-corrected chi connectivity index (χ4v) is 2.35. The second-order valence-electron chi connectivity index (χ2n) is 5.97. The zero-order chi connectivity index (χ0) is 16.2. The van der Waals surface area contributed by atoms with Crippen molar-refractivity contribution >= 4 is 27.5 Å². The van der Waals surface area contributed by atoms with E-state index in [4.69, 9.17) is 4.74 Å². The maximum absolute atomic E-state index is 11.9. The van der Waals surface area contributed by atoms with E-state index < -0.39 is 0 Å². The van der Waals surface area contributed by atoms with Crippen LogP contribution in [0.25, 0.3) is 0 Å². The molecule has 1 N–H and O–H groups in total. The van der Waals surface area contributed by atoms with Crippen molar-refractivity contribution in [2.24, 2.45) is 0 Å². The number of carbonyl (C=O) groups is 1. The van der Waals surface area contributed by atoms with Crippen LogP contribution in [0.15, 0.2) is 47.2 Å². The number of rotatable bonds is 4. The SMILES string of the molecule is CC(C)(C)c1cc(Br)ccc1OCC(=O)Nc1cccnc1. The third-order valence-corrected chi connectivity index (χ3v) is 3.55. The largest absolute Gasteiger partial charge is 0.483 e. The number of pyridine rings is 1. The van der Waals surface area contributed by atoms with E-state index in [2.05, 4.69) is 47.0 Å². The standard InChI is InChI=1S/C17H19BrN2O2/c1-17(2,3)14-9-12(18)6-7-15(14)22-11-16(21)20-13-5-4-8-19-10-13/h4-10H,11H2,1-3H3,(H,20,21). The number of nitrogens with zero attached hydrogens (tertiary/aromatic N) is 1. The maximum atomic E-state index is 11.9. The van der Waals surface area contributed by atoms with Gasteiger partial charge in [-0.2, -0.15) is 0 Å². The molecule has 1 aromatic heterocycles. The van der Waals surface area contributed by atoms with Gasteiger partial charge in [-0.15, -0.1) is 0 Å². The van der Waals surface area contributed by atoms with Gasteiger partial charge in [0.05, 0.1) is 11.9 Å². The van der Waals surface area contributed by atoms with Crippen LogP contribution >= 0.6 is 15.9 Å². The zero-order valence-corrected chi connectivity index (χ0v) is 14.5. The summed E-state index contributed by atoms with van der Waals surface area (Å²) in [6, 6.07) is 9.36. The minimum absolute atomic E-state index is 0.0421. The fourth-order valence-electron chi connectivity index (χ4n) is 1.99. The van der Waals surface area contributed by atoms with Crippen molar-refractivity contribution < 1.29 is 9.53 Å². The van der Waals surface area contributed by atoms with Gasteiger partial charge in [-0.25, -0.2) is 0 Å². The highest BCUT2D eigenvalue weighted by Gasteiger charge is 2.20. The molecule has 22 heavy (non-hydrogen) atoms. The average molecular weight is 363 g/mol. The van der Waals surface area contributed by atoms with E-state index >= 15 is 0 Å². The Bertz CT molecular complexity index is 651. The molecule has 0 aliphatic rings. The zero-order valence-electron chi connectivity index (χ0n) is 12.9. The minimum Gasteiger partial charge on any atom is -0.483 e. The molecule has 0 aliphatic carbocycles. The molecule has 0 fully saturated rings. The lowest BCUT2D eigenvalue weighted by atomic mass is 9.86. The molecule has 0 saturated heterocycles. The first-order valence-electron chi connectivity index (χ1n) is 6.99. The molecule has 4 nitrogen and oxygen atoms in total. The molecule has 1 heterocycles. The topological polar surface area (TPSA) is 51.2 Å². The Morgan fingerprint density at radius 1 is 1.32 bits per heavy atom. The van der Waals surface area contributed by atoms with Crippen LogP contribution in [-0.4, -0.2) is 17.5 Å². The van der Waals surface area contributed by atoms with Crippen molar-refractivity contribution in [3.8, 4) is 5.75 Å². The summed E-state index contributed by atoms with van der Waals surface area (Å²) in [6.07, 6.45) is 3.25. The summed E-state index contributed by atoms with van der Waals surface area (Å²) >= 11 is 3.47. The number of nitrogens with one attached hydrogen (secondary N) is 1. The van der Waals surface area contributed by atoms with Crippen molar-refractivity contribution in [3.05, 3.63) is 52.8 Å². The smallest absolute Gasteiger partial charge is 0.262 e. The summed E-state index contributed by atoms with van der Waals surface area (Å²) in [7, 11) is 0. The molecule has 116 valence electrons. The van der Waals surface area contributed by atoms with E-state index in [1.807, 2.05) is 18.2 Å². The third-order valence-electron chi connectivity index (χ3n) is 3.05. The van der Waals surface area contributed by atoms with Crippen LogP contribution in [0.3, 0.4) is 0 Å². The van der Waals surface area contributed by atoms with Crippen LogP contribution in [0.2, 0.25) is 0 Å². The summed E-state index contributed by atoms with van der Waals surface area (Å²) in [5.74, 6) is 0.507. The van der Waals surface area contributed by atoms with Gasteiger partial charge in [0.15, 0.2) is 6.61 Å². The van der Waals surface area contributed by atoms with E-state index in [1.54, 1.807) is 24.5 Å². The van der Waals surface area contributed by atoms with E-state index in [-0.39, 0.29) is 17.9 Å². The predicted octanol–water partition coefficient (Wildman–Crippen LogP) is 4.16. The molecule has 5 heteroatoms. The van der Waals surface area contributed by atoms with Crippen molar-refractivity contribution in [2.45, 2.75) is 26.2 Å². The molecule has 0 aliphatic heterocycles. The summed E-state index contributed by atoms with van der Waals surface area (Å²) in [5, 5.41) is 2.75.